The number of hydrogen-bond donors (Lipinski definition) is 3. The number of nitrogens with zero attached hydrogens (tertiary/aromatic N) is 2. The second kappa shape index (κ2) is 6.11. The van der Waals surface area contributed by atoms with Crippen LogP contribution in [0.1, 0.15) is 34.8 Å². The second-order valence-electron chi connectivity index (χ2n) is 6.15. The fraction of sp³-hybridized carbons (Fsp3) is 0.167. The van der Waals surface area contributed by atoms with E-state index in [1.54, 1.807) is 25.1 Å². The van der Waals surface area contributed by atoms with E-state index in [9.17, 15) is 18.0 Å². The van der Waals surface area contributed by atoms with Crippen LogP contribution in [0.15, 0.2) is 24.3 Å². The molecule has 0 spiro atoms. The van der Waals surface area contributed by atoms with E-state index >= 15 is 0 Å². The first-order valence-corrected chi connectivity index (χ1v) is 8.14. The maximum atomic E-state index is 13.9. The van der Waals surface area contributed by atoms with Crippen molar-refractivity contribution in [1.82, 2.24) is 25.3 Å². The normalized spacial score (nSPS) is 12.6. The molecule has 0 saturated carbocycles. The molecule has 0 aliphatic heterocycles. The quantitative estimate of drug-likeness (QED) is 0.481. The van der Waals surface area contributed by atoms with Crippen LogP contribution >= 0.6 is 0 Å². The Hall–Kier alpha value is -3.36. The summed E-state index contributed by atoms with van der Waals surface area (Å²) in [6.45, 7) is 1.74. The molecule has 0 aliphatic carbocycles. The fourth-order valence-corrected chi connectivity index (χ4v) is 2.94. The summed E-state index contributed by atoms with van der Waals surface area (Å²) >= 11 is 0. The van der Waals surface area contributed by atoms with E-state index in [1.807, 2.05) is 0 Å². The largest absolute Gasteiger partial charge is 0.355 e. The molecule has 0 saturated heterocycles. The molecule has 2 aromatic heterocycles. The Morgan fingerprint density at radius 2 is 1.81 bits per heavy atom. The maximum absolute atomic E-state index is 13.9. The van der Waals surface area contributed by atoms with E-state index in [2.05, 4.69) is 25.3 Å². The second-order valence-corrected chi connectivity index (χ2v) is 6.15. The van der Waals surface area contributed by atoms with Gasteiger partial charge in [0.25, 0.3) is 5.91 Å². The van der Waals surface area contributed by atoms with E-state index in [0.717, 1.165) is 0 Å². The summed E-state index contributed by atoms with van der Waals surface area (Å²) in [7, 11) is 1.54. The van der Waals surface area contributed by atoms with Gasteiger partial charge in [-0.25, -0.2) is 23.1 Å². The number of amides is 1. The number of halogens is 3. The van der Waals surface area contributed by atoms with Crippen molar-refractivity contribution in [3.05, 3.63) is 58.9 Å². The number of benzene rings is 2. The van der Waals surface area contributed by atoms with Gasteiger partial charge in [-0.15, -0.1) is 0 Å². The Labute approximate surface area is 150 Å². The summed E-state index contributed by atoms with van der Waals surface area (Å²) in [5.74, 6) is -3.40. The predicted octanol–water partition coefficient (Wildman–Crippen LogP) is 3.37. The van der Waals surface area contributed by atoms with Crippen molar-refractivity contribution in [2.75, 3.05) is 7.05 Å². The van der Waals surface area contributed by atoms with Gasteiger partial charge < -0.3 is 15.3 Å². The number of aromatic nitrogens is 4. The third-order valence-corrected chi connectivity index (χ3v) is 4.44. The number of fused-ring (bicyclic) bond motifs is 2. The van der Waals surface area contributed by atoms with Crippen LogP contribution in [0.5, 0.6) is 0 Å². The lowest BCUT2D eigenvalue weighted by Gasteiger charge is -2.03. The summed E-state index contributed by atoms with van der Waals surface area (Å²) in [6, 6.07) is 5.46. The van der Waals surface area contributed by atoms with Gasteiger partial charge in [0.2, 0.25) is 0 Å². The number of carbonyl (C=O) groups excluding carboxylic acids is 1. The lowest BCUT2D eigenvalue weighted by Crippen LogP contribution is -2.17. The van der Waals surface area contributed by atoms with Crippen molar-refractivity contribution >= 4 is 28.0 Å². The molecule has 1 amide bonds. The van der Waals surface area contributed by atoms with E-state index in [0.29, 0.717) is 28.5 Å². The molecule has 2 heterocycles. The molecule has 27 heavy (non-hydrogen) atoms. The van der Waals surface area contributed by atoms with Gasteiger partial charge in [-0.2, -0.15) is 0 Å². The van der Waals surface area contributed by atoms with Gasteiger partial charge in [-0.1, -0.05) is 0 Å². The Morgan fingerprint density at radius 3 is 2.56 bits per heavy atom. The highest BCUT2D eigenvalue weighted by Crippen LogP contribution is 2.27. The van der Waals surface area contributed by atoms with Crippen LogP contribution in [0, 0.1) is 17.5 Å². The topological polar surface area (TPSA) is 86.5 Å². The maximum Gasteiger partial charge on any atom is 0.251 e. The smallest absolute Gasteiger partial charge is 0.251 e. The Bertz CT molecular complexity index is 1200. The lowest BCUT2D eigenvalue weighted by molar-refractivity contribution is 0.0963. The van der Waals surface area contributed by atoms with Crippen molar-refractivity contribution in [3.63, 3.8) is 0 Å². The third-order valence-electron chi connectivity index (χ3n) is 4.44. The molecule has 3 N–H and O–H groups in total. The monoisotopic (exact) mass is 373 g/mol. The van der Waals surface area contributed by atoms with Gasteiger partial charge in [0.05, 0.1) is 17.0 Å². The van der Waals surface area contributed by atoms with Gasteiger partial charge in [0.15, 0.2) is 17.5 Å². The van der Waals surface area contributed by atoms with Gasteiger partial charge in [-0.05, 0) is 25.1 Å². The van der Waals surface area contributed by atoms with Crippen LogP contribution in [0.4, 0.5) is 13.2 Å². The zero-order valence-corrected chi connectivity index (χ0v) is 14.3. The molecule has 138 valence electrons. The van der Waals surface area contributed by atoms with Gasteiger partial charge in [0.1, 0.15) is 22.7 Å². The Morgan fingerprint density at radius 1 is 1.07 bits per heavy atom. The average Bonchev–Trinajstić information content (AvgIpc) is 3.29. The zero-order valence-electron chi connectivity index (χ0n) is 14.3. The minimum absolute atomic E-state index is 0.230. The molecular weight excluding hydrogens is 359 g/mol. The summed E-state index contributed by atoms with van der Waals surface area (Å²) < 4.78 is 41.2. The lowest BCUT2D eigenvalue weighted by atomic mass is 10.1. The molecule has 0 radical (unpaired) electrons. The van der Waals surface area contributed by atoms with Crippen LogP contribution in [-0.2, 0) is 0 Å². The summed E-state index contributed by atoms with van der Waals surface area (Å²) in [5.41, 5.74) is 1.14. The van der Waals surface area contributed by atoms with Crippen LogP contribution < -0.4 is 5.32 Å². The number of carbonyl (C=O) groups is 1. The Balaban J connectivity index is 1.77. The molecular formula is C18H14F3N5O. The number of rotatable bonds is 3. The van der Waals surface area contributed by atoms with Crippen molar-refractivity contribution in [2.45, 2.75) is 12.8 Å². The summed E-state index contributed by atoms with van der Waals surface area (Å²) in [6.07, 6.45) is 0. The first-order valence-electron chi connectivity index (χ1n) is 8.14. The predicted molar refractivity (Wildman–Crippen MR) is 93.0 cm³/mol. The molecule has 1 atom stereocenters. The minimum Gasteiger partial charge on any atom is -0.355 e. The SMILES string of the molecule is CNC(=O)c1ccc2nc(C(C)c3nc4c(F)cc(F)c(F)c4[nH]3)[nH]c2c1. The van der Waals surface area contributed by atoms with E-state index in [-0.39, 0.29) is 22.8 Å². The Kier molecular flexibility index (Phi) is 3.87. The van der Waals surface area contributed by atoms with Crippen LogP contribution in [0.2, 0.25) is 0 Å². The van der Waals surface area contributed by atoms with Crippen molar-refractivity contribution < 1.29 is 18.0 Å². The zero-order chi connectivity index (χ0) is 19.3. The molecule has 4 aromatic rings. The minimum atomic E-state index is -1.28. The number of hydrogen-bond acceptors (Lipinski definition) is 3. The first-order chi connectivity index (χ1) is 12.9. The molecule has 0 aliphatic rings. The van der Waals surface area contributed by atoms with E-state index in [1.165, 1.54) is 7.05 Å². The molecule has 4 rings (SSSR count). The third kappa shape index (κ3) is 2.71. The van der Waals surface area contributed by atoms with Crippen LogP contribution in [0.25, 0.3) is 22.1 Å². The summed E-state index contributed by atoms with van der Waals surface area (Å²) in [4.78, 5) is 26.0. The van der Waals surface area contributed by atoms with Crippen molar-refractivity contribution in [2.24, 2.45) is 0 Å². The molecule has 0 fully saturated rings. The number of aromatic amines is 2. The highest BCUT2D eigenvalue weighted by atomic mass is 19.2. The van der Waals surface area contributed by atoms with Gasteiger partial charge >= 0.3 is 0 Å². The van der Waals surface area contributed by atoms with E-state index in [4.69, 9.17) is 0 Å². The molecule has 0 bridgehead atoms. The molecule has 2 aromatic carbocycles. The van der Waals surface area contributed by atoms with Gasteiger partial charge in [0, 0.05) is 18.7 Å². The van der Waals surface area contributed by atoms with Crippen molar-refractivity contribution in [1.29, 1.82) is 0 Å². The molecule has 6 nitrogen and oxygen atoms in total. The highest BCUT2D eigenvalue weighted by Gasteiger charge is 2.22. The molecule has 1 unspecified atom stereocenters. The first kappa shape index (κ1) is 17.1. The number of H-pyrrole nitrogens is 2. The standard InChI is InChI=1S/C18H14F3N5O/c1-7(17-25-14-10(20)6-9(19)13(21)15(14)26-17)16-23-11-4-3-8(18(27)22-2)5-12(11)24-16/h3-7H,1-2H3,(H,22,27)(H,23,24)(H,25,26). The summed E-state index contributed by atoms with van der Waals surface area (Å²) in [5, 5.41) is 2.54. The fourth-order valence-electron chi connectivity index (χ4n) is 2.94. The van der Waals surface area contributed by atoms with Crippen LogP contribution in [0.3, 0.4) is 0 Å². The molecule has 9 heteroatoms. The van der Waals surface area contributed by atoms with E-state index < -0.39 is 23.4 Å². The van der Waals surface area contributed by atoms with Gasteiger partial charge in [-0.3, -0.25) is 4.79 Å². The highest BCUT2D eigenvalue weighted by molar-refractivity contribution is 5.97. The average molecular weight is 373 g/mol. The number of imidazole rings is 2. The number of nitrogens with one attached hydrogen (secondary N) is 3. The van der Waals surface area contributed by atoms with Crippen LogP contribution in [-0.4, -0.2) is 32.9 Å². The van der Waals surface area contributed by atoms with Crippen molar-refractivity contribution in [3.8, 4) is 0 Å².